The summed E-state index contributed by atoms with van der Waals surface area (Å²) < 4.78 is 0. The van der Waals surface area contributed by atoms with Crippen LogP contribution in [0.2, 0.25) is 0 Å². The molecule has 2 heterocycles. The summed E-state index contributed by atoms with van der Waals surface area (Å²) in [6.07, 6.45) is 3.77. The average Bonchev–Trinajstić information content (AvgIpc) is 2.61. The van der Waals surface area contributed by atoms with E-state index in [-0.39, 0.29) is 6.10 Å². The van der Waals surface area contributed by atoms with E-state index in [0.29, 0.717) is 12.0 Å². The molecule has 3 atom stereocenters. The third-order valence-electron chi connectivity index (χ3n) is 2.36. The topological polar surface area (TPSA) is 49.9 Å². The standard InChI is InChI=1S/C8H13N3O/c1-5-8(6(2)12-11-5)7-3-9-4-10-7/h3-6,8,11H,1-2H3,(H,9,10)/t5?,6-,8-/m1/s1. The van der Waals surface area contributed by atoms with Crippen LogP contribution in [0.3, 0.4) is 0 Å². The zero-order valence-corrected chi connectivity index (χ0v) is 7.24. The lowest BCUT2D eigenvalue weighted by Crippen LogP contribution is -2.22. The van der Waals surface area contributed by atoms with Crippen molar-refractivity contribution in [3.05, 3.63) is 18.2 Å². The van der Waals surface area contributed by atoms with Gasteiger partial charge in [0.1, 0.15) is 0 Å². The van der Waals surface area contributed by atoms with Gasteiger partial charge in [-0.15, -0.1) is 0 Å². The summed E-state index contributed by atoms with van der Waals surface area (Å²) >= 11 is 0. The van der Waals surface area contributed by atoms with Crippen LogP contribution < -0.4 is 5.48 Å². The first-order valence-electron chi connectivity index (χ1n) is 4.18. The molecular formula is C8H13N3O. The minimum atomic E-state index is 0.209. The van der Waals surface area contributed by atoms with Crippen molar-refractivity contribution < 1.29 is 4.84 Å². The lowest BCUT2D eigenvalue weighted by atomic mass is 9.95. The minimum Gasteiger partial charge on any atom is -0.348 e. The largest absolute Gasteiger partial charge is 0.348 e. The van der Waals surface area contributed by atoms with Crippen LogP contribution in [0.4, 0.5) is 0 Å². The number of hydrogen-bond acceptors (Lipinski definition) is 3. The van der Waals surface area contributed by atoms with Crippen molar-refractivity contribution in [2.75, 3.05) is 0 Å². The number of hydrogen-bond donors (Lipinski definition) is 2. The maximum absolute atomic E-state index is 5.30. The number of nitrogens with one attached hydrogen (secondary N) is 2. The van der Waals surface area contributed by atoms with Gasteiger partial charge in [0.2, 0.25) is 0 Å². The van der Waals surface area contributed by atoms with Crippen molar-refractivity contribution in [2.45, 2.75) is 31.9 Å². The summed E-state index contributed by atoms with van der Waals surface area (Å²) in [6, 6.07) is 0.348. The second kappa shape index (κ2) is 2.88. The highest BCUT2D eigenvalue weighted by atomic mass is 16.7. The van der Waals surface area contributed by atoms with Gasteiger partial charge in [0.25, 0.3) is 0 Å². The number of aromatic nitrogens is 2. The van der Waals surface area contributed by atoms with Crippen molar-refractivity contribution in [3.8, 4) is 0 Å². The van der Waals surface area contributed by atoms with E-state index in [2.05, 4.69) is 29.3 Å². The van der Waals surface area contributed by atoms with Gasteiger partial charge < -0.3 is 4.98 Å². The number of nitrogens with zero attached hydrogens (tertiary/aromatic N) is 1. The predicted molar refractivity (Wildman–Crippen MR) is 44.5 cm³/mol. The lowest BCUT2D eigenvalue weighted by molar-refractivity contribution is 0.0352. The summed E-state index contributed by atoms with van der Waals surface area (Å²) in [4.78, 5) is 12.4. The summed E-state index contributed by atoms with van der Waals surface area (Å²) in [6.45, 7) is 4.16. The van der Waals surface area contributed by atoms with E-state index in [0.717, 1.165) is 5.69 Å². The van der Waals surface area contributed by atoms with Crippen molar-refractivity contribution in [1.82, 2.24) is 15.4 Å². The van der Waals surface area contributed by atoms with Crippen LogP contribution in [0.5, 0.6) is 0 Å². The second-order valence-electron chi connectivity index (χ2n) is 3.26. The summed E-state index contributed by atoms with van der Waals surface area (Å²) in [5.74, 6) is 0.382. The van der Waals surface area contributed by atoms with E-state index in [1.807, 2.05) is 6.20 Å². The van der Waals surface area contributed by atoms with E-state index < -0.39 is 0 Å². The van der Waals surface area contributed by atoms with Gasteiger partial charge in [-0.1, -0.05) is 0 Å². The monoisotopic (exact) mass is 167 g/mol. The van der Waals surface area contributed by atoms with Crippen LogP contribution >= 0.6 is 0 Å². The quantitative estimate of drug-likeness (QED) is 0.650. The molecule has 1 aliphatic rings. The van der Waals surface area contributed by atoms with Gasteiger partial charge in [-0.3, -0.25) is 4.84 Å². The Balaban J connectivity index is 2.22. The van der Waals surface area contributed by atoms with Crippen LogP contribution in [-0.4, -0.2) is 22.1 Å². The molecule has 0 aliphatic carbocycles. The molecule has 1 aliphatic heterocycles. The Labute approximate surface area is 71.3 Å². The summed E-state index contributed by atoms with van der Waals surface area (Å²) in [5, 5.41) is 0. The van der Waals surface area contributed by atoms with E-state index >= 15 is 0 Å². The fourth-order valence-corrected chi connectivity index (χ4v) is 1.74. The predicted octanol–water partition coefficient (Wildman–Crippen LogP) is 0.805. The summed E-state index contributed by atoms with van der Waals surface area (Å²) in [5.41, 5.74) is 4.10. The molecule has 0 amide bonds. The van der Waals surface area contributed by atoms with Gasteiger partial charge in [-0.05, 0) is 13.8 Å². The maximum atomic E-state index is 5.30. The van der Waals surface area contributed by atoms with Crippen LogP contribution in [0.25, 0.3) is 0 Å². The highest BCUT2D eigenvalue weighted by Gasteiger charge is 2.33. The molecule has 2 N–H and O–H groups in total. The third-order valence-corrected chi connectivity index (χ3v) is 2.36. The van der Waals surface area contributed by atoms with Crippen molar-refractivity contribution in [3.63, 3.8) is 0 Å². The number of imidazole rings is 1. The van der Waals surface area contributed by atoms with Gasteiger partial charge in [-0.2, -0.15) is 5.48 Å². The molecule has 4 nitrogen and oxygen atoms in total. The highest BCUT2D eigenvalue weighted by Crippen LogP contribution is 2.27. The van der Waals surface area contributed by atoms with Crippen LogP contribution in [0, 0.1) is 0 Å². The molecular weight excluding hydrogens is 154 g/mol. The van der Waals surface area contributed by atoms with Crippen LogP contribution in [0.1, 0.15) is 25.5 Å². The Kier molecular flexibility index (Phi) is 1.86. The Morgan fingerprint density at radius 3 is 2.83 bits per heavy atom. The number of H-pyrrole nitrogens is 1. The van der Waals surface area contributed by atoms with Gasteiger partial charge in [0, 0.05) is 23.9 Å². The molecule has 0 bridgehead atoms. The fourth-order valence-electron chi connectivity index (χ4n) is 1.74. The molecule has 1 fully saturated rings. The van der Waals surface area contributed by atoms with Crippen molar-refractivity contribution >= 4 is 0 Å². The van der Waals surface area contributed by atoms with E-state index in [1.54, 1.807) is 6.33 Å². The van der Waals surface area contributed by atoms with Crippen molar-refractivity contribution in [2.24, 2.45) is 0 Å². The lowest BCUT2D eigenvalue weighted by Gasteiger charge is -2.13. The molecule has 0 spiro atoms. The first kappa shape index (κ1) is 7.76. The van der Waals surface area contributed by atoms with Gasteiger partial charge in [0.05, 0.1) is 12.4 Å². The molecule has 2 rings (SSSR count). The Bertz CT molecular complexity index is 237. The van der Waals surface area contributed by atoms with Gasteiger partial charge in [-0.25, -0.2) is 4.98 Å². The molecule has 12 heavy (non-hydrogen) atoms. The normalized spacial score (nSPS) is 35.7. The smallest absolute Gasteiger partial charge is 0.0921 e. The molecule has 1 saturated heterocycles. The Morgan fingerprint density at radius 2 is 2.33 bits per heavy atom. The zero-order valence-electron chi connectivity index (χ0n) is 7.24. The van der Waals surface area contributed by atoms with E-state index in [4.69, 9.17) is 4.84 Å². The SMILES string of the molecule is CC1NO[C@H](C)[C@@H]1c1cnc[nH]1. The van der Waals surface area contributed by atoms with Crippen LogP contribution in [-0.2, 0) is 4.84 Å². The molecule has 66 valence electrons. The Morgan fingerprint density at radius 1 is 1.50 bits per heavy atom. The highest BCUT2D eigenvalue weighted by molar-refractivity contribution is 5.10. The first-order valence-corrected chi connectivity index (χ1v) is 4.18. The first-order chi connectivity index (χ1) is 5.79. The fraction of sp³-hybridized carbons (Fsp3) is 0.625. The zero-order chi connectivity index (χ0) is 8.55. The molecule has 1 unspecified atom stereocenters. The summed E-state index contributed by atoms with van der Waals surface area (Å²) in [7, 11) is 0. The Hall–Kier alpha value is -0.870. The minimum absolute atomic E-state index is 0.209. The second-order valence-corrected chi connectivity index (χ2v) is 3.26. The van der Waals surface area contributed by atoms with E-state index in [1.165, 1.54) is 0 Å². The molecule has 1 aromatic heterocycles. The van der Waals surface area contributed by atoms with Crippen LogP contribution in [0.15, 0.2) is 12.5 Å². The average molecular weight is 167 g/mol. The number of rotatable bonds is 1. The third kappa shape index (κ3) is 1.13. The number of hydroxylamine groups is 1. The molecule has 1 aromatic rings. The van der Waals surface area contributed by atoms with Gasteiger partial charge in [0.15, 0.2) is 0 Å². The molecule has 4 heteroatoms. The van der Waals surface area contributed by atoms with Crippen molar-refractivity contribution in [1.29, 1.82) is 0 Å². The molecule has 0 saturated carbocycles. The van der Waals surface area contributed by atoms with Gasteiger partial charge >= 0.3 is 0 Å². The van der Waals surface area contributed by atoms with E-state index in [9.17, 15) is 0 Å². The molecule has 0 aromatic carbocycles. The number of aromatic amines is 1. The molecule has 0 radical (unpaired) electrons. The maximum Gasteiger partial charge on any atom is 0.0921 e.